The Morgan fingerprint density at radius 2 is 2.11 bits per heavy atom. The first-order valence-corrected chi connectivity index (χ1v) is 6.76. The van der Waals surface area contributed by atoms with Gasteiger partial charge in [0.15, 0.2) is 0 Å². The second-order valence-electron chi connectivity index (χ2n) is 4.59. The van der Waals surface area contributed by atoms with Crippen LogP contribution in [0.4, 0.5) is 0 Å². The predicted molar refractivity (Wildman–Crippen MR) is 67.3 cm³/mol. The summed E-state index contributed by atoms with van der Waals surface area (Å²) in [7, 11) is 0. The molecule has 1 unspecified atom stereocenters. The first kappa shape index (κ1) is 15.0. The summed E-state index contributed by atoms with van der Waals surface area (Å²) in [6, 6.07) is -0.596. The third-order valence-electron chi connectivity index (χ3n) is 3.24. The molecule has 1 aliphatic rings. The summed E-state index contributed by atoms with van der Waals surface area (Å²) in [5, 5.41) is 8.99. The lowest BCUT2D eigenvalue weighted by Crippen LogP contribution is -2.40. The number of likely N-dealkylation sites (tertiary alicyclic amines) is 1. The van der Waals surface area contributed by atoms with Gasteiger partial charge in [-0.1, -0.05) is 6.42 Å². The minimum Gasteiger partial charge on any atom is -0.480 e. The van der Waals surface area contributed by atoms with Crippen molar-refractivity contribution in [1.82, 2.24) is 4.90 Å². The van der Waals surface area contributed by atoms with Crippen molar-refractivity contribution in [3.8, 4) is 0 Å². The molecule has 0 spiro atoms. The lowest BCUT2D eigenvalue weighted by Gasteiger charge is -2.21. The van der Waals surface area contributed by atoms with Crippen LogP contribution in [0.1, 0.15) is 45.4 Å². The summed E-state index contributed by atoms with van der Waals surface area (Å²) in [5.74, 6) is -0.895. The zero-order valence-electron chi connectivity index (χ0n) is 11.1. The molecular formula is C13H23NO4. The Morgan fingerprint density at radius 1 is 1.33 bits per heavy atom. The largest absolute Gasteiger partial charge is 0.480 e. The SMILES string of the molecule is CCOCCCCCC(=O)N1CCCC1C(=O)O. The van der Waals surface area contributed by atoms with E-state index in [2.05, 4.69) is 0 Å². The Hall–Kier alpha value is -1.10. The molecule has 18 heavy (non-hydrogen) atoms. The molecule has 0 aliphatic carbocycles. The molecule has 1 amide bonds. The fourth-order valence-electron chi connectivity index (χ4n) is 2.27. The van der Waals surface area contributed by atoms with Crippen molar-refractivity contribution in [3.63, 3.8) is 0 Å². The van der Waals surface area contributed by atoms with Gasteiger partial charge in [-0.15, -0.1) is 0 Å². The maximum atomic E-state index is 11.9. The number of hydrogen-bond acceptors (Lipinski definition) is 3. The highest BCUT2D eigenvalue weighted by Crippen LogP contribution is 2.19. The maximum absolute atomic E-state index is 11.9. The van der Waals surface area contributed by atoms with E-state index in [1.165, 1.54) is 4.90 Å². The Morgan fingerprint density at radius 3 is 2.78 bits per heavy atom. The number of carbonyl (C=O) groups excluding carboxylic acids is 1. The molecule has 1 N–H and O–H groups in total. The molecule has 0 radical (unpaired) electrons. The maximum Gasteiger partial charge on any atom is 0.326 e. The van der Waals surface area contributed by atoms with Crippen LogP contribution in [0.15, 0.2) is 0 Å². The number of ether oxygens (including phenoxy) is 1. The van der Waals surface area contributed by atoms with Gasteiger partial charge in [0.1, 0.15) is 6.04 Å². The quantitative estimate of drug-likeness (QED) is 0.671. The molecule has 0 aromatic carbocycles. The van der Waals surface area contributed by atoms with Crippen molar-refractivity contribution < 1.29 is 19.4 Å². The fourth-order valence-corrected chi connectivity index (χ4v) is 2.27. The number of carboxylic acids is 1. The standard InChI is InChI=1S/C13H23NO4/c1-2-18-10-5-3-4-8-12(15)14-9-6-7-11(14)13(16)17/h11H,2-10H2,1H3,(H,16,17). The van der Waals surface area contributed by atoms with Crippen LogP contribution in [0.2, 0.25) is 0 Å². The van der Waals surface area contributed by atoms with E-state index in [1.54, 1.807) is 0 Å². The van der Waals surface area contributed by atoms with Gasteiger partial charge < -0.3 is 14.7 Å². The number of aliphatic carboxylic acids is 1. The van der Waals surface area contributed by atoms with E-state index >= 15 is 0 Å². The van der Waals surface area contributed by atoms with Crippen molar-refractivity contribution in [2.75, 3.05) is 19.8 Å². The molecule has 1 atom stereocenters. The molecule has 1 heterocycles. The Bertz CT molecular complexity index is 280. The molecule has 1 rings (SSSR count). The molecule has 0 aromatic heterocycles. The topological polar surface area (TPSA) is 66.8 Å². The summed E-state index contributed by atoms with van der Waals surface area (Å²) in [6.45, 7) is 4.02. The first-order valence-electron chi connectivity index (χ1n) is 6.76. The number of hydrogen-bond donors (Lipinski definition) is 1. The number of carboxylic acid groups (broad SMARTS) is 1. The number of unbranched alkanes of at least 4 members (excludes halogenated alkanes) is 2. The van der Waals surface area contributed by atoms with Crippen LogP contribution in [-0.4, -0.2) is 47.7 Å². The number of rotatable bonds is 8. The van der Waals surface area contributed by atoms with E-state index in [0.29, 0.717) is 19.4 Å². The Kier molecular flexibility index (Phi) is 6.72. The van der Waals surface area contributed by atoms with Gasteiger partial charge in [-0.25, -0.2) is 4.79 Å². The normalized spacial score (nSPS) is 19.2. The highest BCUT2D eigenvalue weighted by Gasteiger charge is 2.33. The molecule has 0 bridgehead atoms. The molecule has 104 valence electrons. The zero-order valence-corrected chi connectivity index (χ0v) is 11.1. The van der Waals surface area contributed by atoms with E-state index in [-0.39, 0.29) is 5.91 Å². The van der Waals surface area contributed by atoms with E-state index in [1.807, 2.05) is 6.92 Å². The molecule has 1 aliphatic heterocycles. The van der Waals surface area contributed by atoms with E-state index in [0.717, 1.165) is 38.9 Å². The van der Waals surface area contributed by atoms with Gasteiger partial charge in [0.25, 0.3) is 0 Å². The average molecular weight is 257 g/mol. The lowest BCUT2D eigenvalue weighted by molar-refractivity contribution is -0.148. The molecule has 1 fully saturated rings. The second-order valence-corrected chi connectivity index (χ2v) is 4.59. The van der Waals surface area contributed by atoms with Gasteiger partial charge in [-0.2, -0.15) is 0 Å². The van der Waals surface area contributed by atoms with Gasteiger partial charge in [0.2, 0.25) is 5.91 Å². The van der Waals surface area contributed by atoms with Crippen molar-refractivity contribution in [2.24, 2.45) is 0 Å². The lowest BCUT2D eigenvalue weighted by atomic mass is 10.1. The Labute approximate surface area is 108 Å². The van der Waals surface area contributed by atoms with Crippen LogP contribution in [0.3, 0.4) is 0 Å². The molecule has 5 nitrogen and oxygen atoms in total. The van der Waals surface area contributed by atoms with Crippen molar-refractivity contribution >= 4 is 11.9 Å². The third kappa shape index (κ3) is 4.64. The molecule has 0 saturated carbocycles. The second kappa shape index (κ2) is 8.08. The number of carbonyl (C=O) groups is 2. The third-order valence-corrected chi connectivity index (χ3v) is 3.24. The van der Waals surface area contributed by atoms with E-state index in [4.69, 9.17) is 9.84 Å². The zero-order chi connectivity index (χ0) is 13.4. The van der Waals surface area contributed by atoms with Gasteiger partial charge in [-0.05, 0) is 32.6 Å². The highest BCUT2D eigenvalue weighted by molar-refractivity contribution is 5.84. The number of amides is 1. The van der Waals surface area contributed by atoms with E-state index in [9.17, 15) is 9.59 Å². The average Bonchev–Trinajstić information content (AvgIpc) is 2.82. The van der Waals surface area contributed by atoms with E-state index < -0.39 is 12.0 Å². The highest BCUT2D eigenvalue weighted by atomic mass is 16.5. The summed E-state index contributed by atoms with van der Waals surface area (Å²) < 4.78 is 5.22. The van der Waals surface area contributed by atoms with Crippen LogP contribution in [-0.2, 0) is 14.3 Å². The summed E-state index contributed by atoms with van der Waals surface area (Å²) in [6.07, 6.45) is 4.57. The Balaban J connectivity index is 2.18. The minimum absolute atomic E-state index is 0.0173. The van der Waals surface area contributed by atoms with Gasteiger partial charge >= 0.3 is 5.97 Å². The summed E-state index contributed by atoms with van der Waals surface area (Å²) in [5.41, 5.74) is 0. The molecular weight excluding hydrogens is 234 g/mol. The monoisotopic (exact) mass is 257 g/mol. The van der Waals surface area contributed by atoms with Crippen LogP contribution in [0.25, 0.3) is 0 Å². The summed E-state index contributed by atoms with van der Waals surface area (Å²) in [4.78, 5) is 24.4. The van der Waals surface area contributed by atoms with Crippen molar-refractivity contribution in [3.05, 3.63) is 0 Å². The van der Waals surface area contributed by atoms with Gasteiger partial charge in [0, 0.05) is 26.2 Å². The van der Waals surface area contributed by atoms with Crippen LogP contribution < -0.4 is 0 Å². The van der Waals surface area contributed by atoms with Crippen molar-refractivity contribution in [2.45, 2.75) is 51.5 Å². The van der Waals surface area contributed by atoms with Crippen LogP contribution in [0.5, 0.6) is 0 Å². The fraction of sp³-hybridized carbons (Fsp3) is 0.846. The molecule has 0 aromatic rings. The molecule has 1 saturated heterocycles. The summed E-state index contributed by atoms with van der Waals surface area (Å²) >= 11 is 0. The first-order chi connectivity index (χ1) is 8.66. The molecule has 5 heteroatoms. The predicted octanol–water partition coefficient (Wildman–Crippen LogP) is 1.66. The van der Waals surface area contributed by atoms with Crippen molar-refractivity contribution in [1.29, 1.82) is 0 Å². The van der Waals surface area contributed by atoms with Crippen LogP contribution in [0, 0.1) is 0 Å². The minimum atomic E-state index is -0.878. The van der Waals surface area contributed by atoms with Gasteiger partial charge in [-0.3, -0.25) is 4.79 Å². The smallest absolute Gasteiger partial charge is 0.326 e. The van der Waals surface area contributed by atoms with Gasteiger partial charge in [0.05, 0.1) is 0 Å². The number of nitrogens with zero attached hydrogens (tertiary/aromatic N) is 1. The van der Waals surface area contributed by atoms with Crippen LogP contribution >= 0.6 is 0 Å².